The monoisotopic (exact) mass is 269 g/mol. The minimum atomic E-state index is 0.364. The molecule has 1 N–H and O–H groups in total. The van der Waals surface area contributed by atoms with Crippen LogP contribution in [0.5, 0.6) is 0 Å². The van der Waals surface area contributed by atoms with Crippen LogP contribution in [0.25, 0.3) is 0 Å². The van der Waals surface area contributed by atoms with Gasteiger partial charge in [0, 0.05) is 38.3 Å². The van der Waals surface area contributed by atoms with Gasteiger partial charge in [-0.15, -0.1) is 0 Å². The fourth-order valence-electron chi connectivity index (χ4n) is 2.43. The highest BCUT2D eigenvalue weighted by Crippen LogP contribution is 2.18. The van der Waals surface area contributed by atoms with Crippen LogP contribution < -0.4 is 5.32 Å². The molecule has 0 amide bonds. The fraction of sp³-hybridized carbons (Fsp3) is 1.00. The molecule has 0 bridgehead atoms. The normalized spacial score (nSPS) is 21.0. The van der Waals surface area contributed by atoms with E-state index in [0.29, 0.717) is 17.5 Å². The fourth-order valence-corrected chi connectivity index (χ4v) is 2.43. The van der Waals surface area contributed by atoms with Crippen LogP contribution >= 0.6 is 0 Å². The smallest absolute Gasteiger partial charge is 0.0113 e. The first-order valence-corrected chi connectivity index (χ1v) is 8.00. The summed E-state index contributed by atoms with van der Waals surface area (Å²) < 4.78 is 0. The van der Waals surface area contributed by atoms with Gasteiger partial charge in [0.25, 0.3) is 0 Å². The maximum atomic E-state index is 3.65. The second-order valence-electron chi connectivity index (χ2n) is 7.37. The van der Waals surface area contributed by atoms with Gasteiger partial charge in [-0.3, -0.25) is 4.90 Å². The molecule has 1 fully saturated rings. The molecule has 0 saturated carbocycles. The van der Waals surface area contributed by atoms with Gasteiger partial charge in [-0.05, 0) is 45.7 Å². The zero-order chi connectivity index (χ0) is 14.5. The number of nitrogens with one attached hydrogen (secondary N) is 1. The zero-order valence-corrected chi connectivity index (χ0v) is 14.0. The Morgan fingerprint density at radius 3 is 2.05 bits per heavy atom. The number of hydrogen-bond acceptors (Lipinski definition) is 3. The van der Waals surface area contributed by atoms with Crippen molar-refractivity contribution >= 4 is 0 Å². The van der Waals surface area contributed by atoms with Crippen molar-refractivity contribution in [2.45, 2.75) is 60.0 Å². The van der Waals surface area contributed by atoms with Crippen molar-refractivity contribution < 1.29 is 0 Å². The second kappa shape index (κ2) is 7.61. The molecule has 3 heteroatoms. The van der Waals surface area contributed by atoms with Gasteiger partial charge in [0.05, 0.1) is 0 Å². The quantitative estimate of drug-likeness (QED) is 0.747. The predicted octanol–water partition coefficient (Wildman–Crippen LogP) is 2.43. The van der Waals surface area contributed by atoms with Gasteiger partial charge in [-0.25, -0.2) is 0 Å². The highest BCUT2D eigenvalue weighted by atomic mass is 15.3. The molecule has 0 spiro atoms. The SMILES string of the molecule is CC(C)N1CCN(CCCNC(C)C(C)(C)C)CC1. The van der Waals surface area contributed by atoms with Gasteiger partial charge in [0.15, 0.2) is 0 Å². The first-order valence-electron chi connectivity index (χ1n) is 8.00. The lowest BCUT2D eigenvalue weighted by Crippen LogP contribution is -2.49. The molecule has 1 heterocycles. The summed E-state index contributed by atoms with van der Waals surface area (Å²) >= 11 is 0. The molecule has 0 aliphatic carbocycles. The van der Waals surface area contributed by atoms with E-state index in [-0.39, 0.29) is 0 Å². The maximum Gasteiger partial charge on any atom is 0.0113 e. The Hall–Kier alpha value is -0.120. The Kier molecular flexibility index (Phi) is 6.78. The Morgan fingerprint density at radius 2 is 1.58 bits per heavy atom. The number of piperazine rings is 1. The average Bonchev–Trinajstić information content (AvgIpc) is 2.33. The third-order valence-corrected chi connectivity index (χ3v) is 4.54. The van der Waals surface area contributed by atoms with E-state index in [2.05, 4.69) is 56.7 Å². The lowest BCUT2D eigenvalue weighted by molar-refractivity contribution is 0.107. The maximum absolute atomic E-state index is 3.65. The van der Waals surface area contributed by atoms with Crippen molar-refractivity contribution in [3.63, 3.8) is 0 Å². The molecular formula is C16H35N3. The van der Waals surface area contributed by atoms with Crippen molar-refractivity contribution in [3.8, 4) is 0 Å². The summed E-state index contributed by atoms with van der Waals surface area (Å²) in [5, 5.41) is 3.65. The van der Waals surface area contributed by atoms with E-state index in [9.17, 15) is 0 Å². The second-order valence-corrected chi connectivity index (χ2v) is 7.37. The summed E-state index contributed by atoms with van der Waals surface area (Å²) in [6.07, 6.45) is 1.27. The molecule has 1 rings (SSSR count). The molecule has 1 aliphatic heterocycles. The molecule has 0 aromatic heterocycles. The highest BCUT2D eigenvalue weighted by molar-refractivity contribution is 4.77. The number of rotatable bonds is 6. The largest absolute Gasteiger partial charge is 0.314 e. The summed E-state index contributed by atoms with van der Waals surface area (Å²) in [4.78, 5) is 5.19. The Labute approximate surface area is 120 Å². The van der Waals surface area contributed by atoms with Crippen LogP contribution in [0.1, 0.15) is 48.0 Å². The molecule has 1 saturated heterocycles. The molecule has 3 nitrogen and oxygen atoms in total. The van der Waals surface area contributed by atoms with Crippen molar-refractivity contribution in [1.29, 1.82) is 0 Å². The standard InChI is InChI=1S/C16H35N3/c1-14(2)19-12-10-18(11-13-19)9-7-8-17-15(3)16(4,5)6/h14-15,17H,7-13H2,1-6H3. The minimum absolute atomic E-state index is 0.364. The van der Waals surface area contributed by atoms with Crippen LogP contribution in [0.15, 0.2) is 0 Å². The first-order chi connectivity index (χ1) is 8.80. The average molecular weight is 269 g/mol. The van der Waals surface area contributed by atoms with Crippen LogP contribution in [-0.4, -0.2) is 61.2 Å². The molecule has 19 heavy (non-hydrogen) atoms. The summed E-state index contributed by atoms with van der Waals surface area (Å²) in [6, 6.07) is 1.29. The van der Waals surface area contributed by atoms with Crippen LogP contribution in [0.2, 0.25) is 0 Å². The molecule has 0 aromatic rings. The van der Waals surface area contributed by atoms with Crippen LogP contribution in [0, 0.1) is 5.41 Å². The number of hydrogen-bond donors (Lipinski definition) is 1. The summed E-state index contributed by atoms with van der Waals surface area (Å²) in [5.74, 6) is 0. The van der Waals surface area contributed by atoms with E-state index in [1.807, 2.05) is 0 Å². The van der Waals surface area contributed by atoms with E-state index in [0.717, 1.165) is 6.54 Å². The van der Waals surface area contributed by atoms with Crippen LogP contribution in [0.3, 0.4) is 0 Å². The molecular weight excluding hydrogens is 234 g/mol. The van der Waals surface area contributed by atoms with E-state index in [1.54, 1.807) is 0 Å². The molecule has 114 valence electrons. The van der Waals surface area contributed by atoms with E-state index in [4.69, 9.17) is 0 Å². The molecule has 0 aromatic carbocycles. The van der Waals surface area contributed by atoms with E-state index in [1.165, 1.54) is 39.1 Å². The Bertz CT molecular complexity index is 237. The summed E-state index contributed by atoms with van der Waals surface area (Å²) in [6.45, 7) is 21.1. The van der Waals surface area contributed by atoms with Crippen molar-refractivity contribution in [2.24, 2.45) is 5.41 Å². The minimum Gasteiger partial charge on any atom is -0.314 e. The van der Waals surface area contributed by atoms with Crippen molar-refractivity contribution in [1.82, 2.24) is 15.1 Å². The van der Waals surface area contributed by atoms with E-state index < -0.39 is 0 Å². The van der Waals surface area contributed by atoms with E-state index >= 15 is 0 Å². The predicted molar refractivity (Wildman–Crippen MR) is 84.7 cm³/mol. The molecule has 0 radical (unpaired) electrons. The topological polar surface area (TPSA) is 18.5 Å². The summed E-state index contributed by atoms with van der Waals surface area (Å²) in [7, 11) is 0. The molecule has 1 atom stereocenters. The van der Waals surface area contributed by atoms with Gasteiger partial charge in [0.2, 0.25) is 0 Å². The first kappa shape index (κ1) is 16.9. The molecule has 1 unspecified atom stereocenters. The van der Waals surface area contributed by atoms with Crippen LogP contribution in [-0.2, 0) is 0 Å². The molecule has 1 aliphatic rings. The number of nitrogens with zero attached hydrogens (tertiary/aromatic N) is 2. The van der Waals surface area contributed by atoms with Gasteiger partial charge in [-0.2, -0.15) is 0 Å². The van der Waals surface area contributed by atoms with Crippen LogP contribution in [0.4, 0.5) is 0 Å². The van der Waals surface area contributed by atoms with Gasteiger partial charge in [0.1, 0.15) is 0 Å². The van der Waals surface area contributed by atoms with Crippen molar-refractivity contribution in [3.05, 3.63) is 0 Å². The van der Waals surface area contributed by atoms with Gasteiger partial charge < -0.3 is 10.2 Å². The van der Waals surface area contributed by atoms with Gasteiger partial charge >= 0.3 is 0 Å². The third kappa shape index (κ3) is 6.24. The zero-order valence-electron chi connectivity index (χ0n) is 14.0. The third-order valence-electron chi connectivity index (χ3n) is 4.54. The van der Waals surface area contributed by atoms with Crippen molar-refractivity contribution in [2.75, 3.05) is 39.3 Å². The lowest BCUT2D eigenvalue weighted by atomic mass is 9.88. The Morgan fingerprint density at radius 1 is 1.00 bits per heavy atom. The highest BCUT2D eigenvalue weighted by Gasteiger charge is 2.20. The Balaban J connectivity index is 2.08. The lowest BCUT2D eigenvalue weighted by Gasteiger charge is -2.37. The van der Waals surface area contributed by atoms with Gasteiger partial charge in [-0.1, -0.05) is 20.8 Å². The summed E-state index contributed by atoms with van der Waals surface area (Å²) in [5.41, 5.74) is 0.364.